The number of benzene rings is 3. The topological polar surface area (TPSA) is 146 Å². The van der Waals surface area contributed by atoms with Gasteiger partial charge >= 0.3 is 5.97 Å². The number of rotatable bonds is 10. The Kier molecular flexibility index (Phi) is 8.29. The summed E-state index contributed by atoms with van der Waals surface area (Å²) in [4.78, 5) is 24.6. The first kappa shape index (κ1) is 25.1. The van der Waals surface area contributed by atoms with Crippen molar-refractivity contribution < 1.29 is 24.6 Å². The van der Waals surface area contributed by atoms with Crippen LogP contribution in [0.15, 0.2) is 71.9 Å². The Bertz CT molecular complexity index is 1210. The average Bonchev–Trinajstić information content (AvgIpc) is 2.85. The number of oxime groups is 1. The molecule has 3 aromatic rings. The van der Waals surface area contributed by atoms with Crippen molar-refractivity contribution in [1.82, 2.24) is 5.32 Å². The predicted octanol–water partition coefficient (Wildman–Crippen LogP) is 3.33. The fourth-order valence-electron chi connectivity index (χ4n) is 3.67. The second kappa shape index (κ2) is 11.6. The van der Waals surface area contributed by atoms with Crippen LogP contribution in [-0.2, 0) is 16.1 Å². The fraction of sp³-hybridized carbons (Fsp3) is 0.192. The second-order valence-electron chi connectivity index (χ2n) is 8.03. The molecule has 0 aliphatic rings. The highest BCUT2D eigenvalue weighted by Crippen LogP contribution is 2.33. The van der Waals surface area contributed by atoms with Crippen LogP contribution in [0.2, 0.25) is 0 Å². The Hall–Kier alpha value is -4.53. The molecule has 9 nitrogen and oxygen atoms in total. The van der Waals surface area contributed by atoms with Crippen molar-refractivity contribution in [3.63, 3.8) is 0 Å². The molecule has 9 heteroatoms. The average molecular weight is 477 g/mol. The van der Waals surface area contributed by atoms with E-state index < -0.39 is 18.6 Å². The molecule has 0 saturated carbocycles. The zero-order valence-corrected chi connectivity index (χ0v) is 19.5. The van der Waals surface area contributed by atoms with E-state index in [1.165, 1.54) is 0 Å². The maximum absolute atomic E-state index is 13.4. The molecule has 0 fully saturated rings. The van der Waals surface area contributed by atoms with Crippen LogP contribution in [-0.4, -0.2) is 34.6 Å². The highest BCUT2D eigenvalue weighted by atomic mass is 16.5. The SMILES string of the molecule is Cc1cc(C)c(OCC(=O)O)c(C(Nc2ccc(C(N)=NO)cc2)C(=O)NCc2ccccc2)c1. The summed E-state index contributed by atoms with van der Waals surface area (Å²) in [5.74, 6) is -1.14. The Morgan fingerprint density at radius 3 is 2.37 bits per heavy atom. The number of aliphatic carboxylic acids is 1. The van der Waals surface area contributed by atoms with Gasteiger partial charge in [0.05, 0.1) is 0 Å². The van der Waals surface area contributed by atoms with Gasteiger partial charge in [-0.1, -0.05) is 47.1 Å². The molecule has 3 rings (SSSR count). The maximum Gasteiger partial charge on any atom is 0.341 e. The lowest BCUT2D eigenvalue weighted by Crippen LogP contribution is -2.33. The fourth-order valence-corrected chi connectivity index (χ4v) is 3.67. The van der Waals surface area contributed by atoms with Gasteiger partial charge in [-0.15, -0.1) is 0 Å². The van der Waals surface area contributed by atoms with Crippen LogP contribution in [0.25, 0.3) is 0 Å². The Balaban J connectivity index is 1.97. The normalized spacial score (nSPS) is 12.0. The quantitative estimate of drug-likeness (QED) is 0.131. The lowest BCUT2D eigenvalue weighted by Gasteiger charge is -2.24. The molecule has 0 radical (unpaired) electrons. The summed E-state index contributed by atoms with van der Waals surface area (Å²) in [6.45, 7) is 3.47. The number of nitrogens with two attached hydrogens (primary N) is 1. The van der Waals surface area contributed by atoms with Crippen molar-refractivity contribution in [2.45, 2.75) is 26.4 Å². The van der Waals surface area contributed by atoms with Crippen LogP contribution in [0.4, 0.5) is 5.69 Å². The molecule has 1 unspecified atom stereocenters. The number of carboxylic acids is 1. The van der Waals surface area contributed by atoms with Crippen LogP contribution in [0, 0.1) is 13.8 Å². The van der Waals surface area contributed by atoms with E-state index in [1.54, 1.807) is 37.3 Å². The lowest BCUT2D eigenvalue weighted by molar-refractivity contribution is -0.139. The van der Waals surface area contributed by atoms with Gasteiger partial charge in [0, 0.05) is 23.4 Å². The molecule has 0 aromatic heterocycles. The zero-order chi connectivity index (χ0) is 25.4. The molecule has 6 N–H and O–H groups in total. The standard InChI is InChI=1S/C26H28N4O5/c1-16-12-17(2)24(35-15-22(31)32)21(13-16)23(26(33)28-14-18-6-4-3-5-7-18)29-20-10-8-19(9-11-20)25(27)30-34/h3-13,23,29,34H,14-15H2,1-2H3,(H2,27,30)(H,28,33)(H,31,32). The van der Waals surface area contributed by atoms with Gasteiger partial charge in [0.25, 0.3) is 0 Å². The van der Waals surface area contributed by atoms with Gasteiger partial charge in [0.2, 0.25) is 5.91 Å². The first-order chi connectivity index (χ1) is 16.8. The van der Waals surface area contributed by atoms with Crippen LogP contribution in [0.3, 0.4) is 0 Å². The summed E-state index contributed by atoms with van der Waals surface area (Å²) < 4.78 is 5.60. The van der Waals surface area contributed by atoms with Crippen molar-refractivity contribution in [2.75, 3.05) is 11.9 Å². The number of hydrogen-bond acceptors (Lipinski definition) is 6. The first-order valence-corrected chi connectivity index (χ1v) is 10.9. The number of aryl methyl sites for hydroxylation is 2. The van der Waals surface area contributed by atoms with Crippen LogP contribution in [0.1, 0.15) is 33.9 Å². The van der Waals surface area contributed by atoms with Crippen LogP contribution in [0.5, 0.6) is 5.75 Å². The smallest absolute Gasteiger partial charge is 0.341 e. The molecule has 0 aliphatic heterocycles. The van der Waals surface area contributed by atoms with Crippen molar-refractivity contribution in [2.24, 2.45) is 10.9 Å². The number of amides is 1. The number of carboxylic acid groups (broad SMARTS) is 1. The highest BCUT2D eigenvalue weighted by Gasteiger charge is 2.26. The molecule has 0 spiro atoms. The minimum atomic E-state index is -1.12. The van der Waals surface area contributed by atoms with Gasteiger partial charge in [0.15, 0.2) is 12.4 Å². The summed E-state index contributed by atoms with van der Waals surface area (Å²) in [7, 11) is 0. The van der Waals surface area contributed by atoms with Crippen molar-refractivity contribution in [1.29, 1.82) is 0 Å². The molecule has 35 heavy (non-hydrogen) atoms. The zero-order valence-electron chi connectivity index (χ0n) is 19.5. The van der Waals surface area contributed by atoms with Gasteiger partial charge in [-0.2, -0.15) is 0 Å². The van der Waals surface area contributed by atoms with E-state index in [0.717, 1.165) is 11.1 Å². The van der Waals surface area contributed by atoms with Crippen molar-refractivity contribution >= 4 is 23.4 Å². The third kappa shape index (κ3) is 6.73. The van der Waals surface area contributed by atoms with E-state index in [0.29, 0.717) is 34.7 Å². The Morgan fingerprint density at radius 1 is 1.06 bits per heavy atom. The number of carbonyl (C=O) groups excluding carboxylic acids is 1. The third-order valence-electron chi connectivity index (χ3n) is 5.27. The minimum absolute atomic E-state index is 0.0348. The number of anilines is 1. The van der Waals surface area contributed by atoms with Crippen LogP contribution >= 0.6 is 0 Å². The number of amidine groups is 1. The maximum atomic E-state index is 13.4. The van der Waals surface area contributed by atoms with E-state index in [2.05, 4.69) is 15.8 Å². The van der Waals surface area contributed by atoms with Crippen molar-refractivity contribution in [3.8, 4) is 5.75 Å². The van der Waals surface area contributed by atoms with Crippen molar-refractivity contribution in [3.05, 3.63) is 94.5 Å². The molecule has 182 valence electrons. The van der Waals surface area contributed by atoms with E-state index in [9.17, 15) is 9.59 Å². The second-order valence-corrected chi connectivity index (χ2v) is 8.03. The first-order valence-electron chi connectivity index (χ1n) is 10.9. The number of hydrogen-bond donors (Lipinski definition) is 5. The van der Waals surface area contributed by atoms with Crippen LogP contribution < -0.4 is 21.1 Å². The molecular weight excluding hydrogens is 448 g/mol. The minimum Gasteiger partial charge on any atom is -0.481 e. The summed E-state index contributed by atoms with van der Waals surface area (Å²) in [6, 6.07) is 19.0. The largest absolute Gasteiger partial charge is 0.481 e. The Morgan fingerprint density at radius 2 is 1.74 bits per heavy atom. The predicted molar refractivity (Wildman–Crippen MR) is 133 cm³/mol. The van der Waals surface area contributed by atoms with E-state index in [4.69, 9.17) is 20.8 Å². The van der Waals surface area contributed by atoms with E-state index >= 15 is 0 Å². The molecule has 0 saturated heterocycles. The summed E-state index contributed by atoms with van der Waals surface area (Å²) in [5, 5.41) is 27.2. The highest BCUT2D eigenvalue weighted by molar-refractivity contribution is 5.97. The van der Waals surface area contributed by atoms with Gasteiger partial charge in [0.1, 0.15) is 11.8 Å². The summed E-state index contributed by atoms with van der Waals surface area (Å²) in [6.07, 6.45) is 0. The van der Waals surface area contributed by atoms with E-state index in [1.807, 2.05) is 43.3 Å². The monoisotopic (exact) mass is 476 g/mol. The van der Waals surface area contributed by atoms with Gasteiger partial charge in [-0.3, -0.25) is 4.79 Å². The van der Waals surface area contributed by atoms with Gasteiger partial charge < -0.3 is 31.4 Å². The number of nitrogens with one attached hydrogen (secondary N) is 2. The number of ether oxygens (including phenoxy) is 1. The third-order valence-corrected chi connectivity index (χ3v) is 5.27. The Labute approximate surface area is 203 Å². The molecule has 1 amide bonds. The lowest BCUT2D eigenvalue weighted by atomic mass is 9.98. The van der Waals surface area contributed by atoms with E-state index in [-0.39, 0.29) is 11.7 Å². The molecule has 0 heterocycles. The molecule has 0 aliphatic carbocycles. The number of carbonyl (C=O) groups is 2. The molecule has 0 bridgehead atoms. The molecule has 1 atom stereocenters. The number of nitrogens with zero attached hydrogens (tertiary/aromatic N) is 1. The summed E-state index contributed by atoms with van der Waals surface area (Å²) in [5.41, 5.74) is 9.81. The van der Waals surface area contributed by atoms with Gasteiger partial charge in [-0.25, -0.2) is 4.79 Å². The molecule has 3 aromatic carbocycles. The molecular formula is C26H28N4O5. The summed E-state index contributed by atoms with van der Waals surface area (Å²) >= 11 is 0. The van der Waals surface area contributed by atoms with Gasteiger partial charge in [-0.05, 0) is 55.3 Å².